The first-order valence-electron chi connectivity index (χ1n) is 6.26. The van der Waals surface area contributed by atoms with Crippen LogP contribution in [-0.4, -0.2) is 22.3 Å². The Morgan fingerprint density at radius 3 is 2.70 bits per heavy atom. The van der Waals surface area contributed by atoms with Crippen molar-refractivity contribution in [2.75, 3.05) is 6.54 Å². The predicted molar refractivity (Wildman–Crippen MR) is 71.0 cm³/mol. The number of halogens is 2. The van der Waals surface area contributed by atoms with E-state index in [9.17, 15) is 13.6 Å². The molecule has 0 aliphatic heterocycles. The molecule has 0 radical (unpaired) electrons. The Balaban J connectivity index is 2.20. The van der Waals surface area contributed by atoms with Gasteiger partial charge < -0.3 is 4.90 Å². The fraction of sp³-hybridized carbons (Fsp3) is 0.200. The van der Waals surface area contributed by atoms with Gasteiger partial charge in [-0.05, 0) is 36.8 Å². The van der Waals surface area contributed by atoms with Crippen molar-refractivity contribution in [2.45, 2.75) is 13.5 Å². The number of rotatable bonds is 4. The van der Waals surface area contributed by atoms with Crippen LogP contribution in [0.4, 0.5) is 8.78 Å². The average Bonchev–Trinajstić information content (AvgIpc) is 2.44. The Morgan fingerprint density at radius 2 is 2.05 bits per heavy atom. The molecule has 104 valence electrons. The Labute approximate surface area is 115 Å². The summed E-state index contributed by atoms with van der Waals surface area (Å²) in [6.45, 7) is 2.40. The van der Waals surface area contributed by atoms with Gasteiger partial charge in [0.2, 0.25) is 5.95 Å². The summed E-state index contributed by atoms with van der Waals surface area (Å²) < 4.78 is 26.7. The minimum Gasteiger partial charge on any atom is -0.334 e. The lowest BCUT2D eigenvalue weighted by Gasteiger charge is -2.21. The van der Waals surface area contributed by atoms with Crippen LogP contribution < -0.4 is 0 Å². The first kappa shape index (κ1) is 14.1. The summed E-state index contributed by atoms with van der Waals surface area (Å²) in [6, 6.07) is 8.88. The van der Waals surface area contributed by atoms with E-state index in [-0.39, 0.29) is 17.9 Å². The number of carbonyl (C=O) groups excluding carboxylic acids is 1. The largest absolute Gasteiger partial charge is 0.334 e. The monoisotopic (exact) mass is 276 g/mol. The van der Waals surface area contributed by atoms with Crippen LogP contribution in [0.5, 0.6) is 0 Å². The maximum absolute atomic E-state index is 13.5. The molecular formula is C15H14F2N2O. The van der Waals surface area contributed by atoms with Gasteiger partial charge in [-0.25, -0.2) is 9.37 Å². The number of amides is 1. The molecule has 3 nitrogen and oxygen atoms in total. The molecule has 0 unspecified atom stereocenters. The molecule has 5 heteroatoms. The summed E-state index contributed by atoms with van der Waals surface area (Å²) in [5, 5.41) is 0. The van der Waals surface area contributed by atoms with Gasteiger partial charge in [0.05, 0.1) is 5.56 Å². The molecule has 0 atom stereocenters. The number of carbonyl (C=O) groups is 1. The molecule has 0 fully saturated rings. The molecule has 0 N–H and O–H groups in total. The van der Waals surface area contributed by atoms with E-state index in [1.54, 1.807) is 19.1 Å². The maximum Gasteiger partial charge on any atom is 0.258 e. The summed E-state index contributed by atoms with van der Waals surface area (Å²) in [5.41, 5.74) is 0.579. The lowest BCUT2D eigenvalue weighted by molar-refractivity contribution is 0.0746. The molecule has 0 aliphatic rings. The van der Waals surface area contributed by atoms with Crippen LogP contribution in [0.3, 0.4) is 0 Å². The van der Waals surface area contributed by atoms with Crippen molar-refractivity contribution >= 4 is 5.91 Å². The second-order valence-electron chi connectivity index (χ2n) is 4.29. The van der Waals surface area contributed by atoms with E-state index in [0.29, 0.717) is 12.1 Å². The molecule has 1 aromatic carbocycles. The van der Waals surface area contributed by atoms with Gasteiger partial charge >= 0.3 is 0 Å². The molecule has 0 saturated heterocycles. The number of hydrogen-bond acceptors (Lipinski definition) is 2. The first-order valence-corrected chi connectivity index (χ1v) is 6.26. The van der Waals surface area contributed by atoms with E-state index >= 15 is 0 Å². The summed E-state index contributed by atoms with van der Waals surface area (Å²) in [4.78, 5) is 17.1. The van der Waals surface area contributed by atoms with E-state index in [0.717, 1.165) is 0 Å². The van der Waals surface area contributed by atoms with Crippen LogP contribution in [0.1, 0.15) is 22.8 Å². The minimum absolute atomic E-state index is 0.0780. The lowest BCUT2D eigenvalue weighted by atomic mass is 10.2. The average molecular weight is 276 g/mol. The number of aromatic nitrogens is 1. The number of hydrogen-bond donors (Lipinski definition) is 0. The van der Waals surface area contributed by atoms with Crippen LogP contribution >= 0.6 is 0 Å². The molecule has 0 aliphatic carbocycles. The van der Waals surface area contributed by atoms with E-state index in [1.807, 2.05) is 0 Å². The van der Waals surface area contributed by atoms with Crippen LogP contribution in [-0.2, 0) is 6.54 Å². The Bertz CT molecular complexity index is 616. The van der Waals surface area contributed by atoms with Crippen molar-refractivity contribution in [1.29, 1.82) is 0 Å². The third-order valence-corrected chi connectivity index (χ3v) is 2.92. The molecule has 0 bridgehead atoms. The Kier molecular flexibility index (Phi) is 4.40. The van der Waals surface area contributed by atoms with Gasteiger partial charge in [0.15, 0.2) is 0 Å². The predicted octanol–water partition coefficient (Wildman–Crippen LogP) is 3.02. The Hall–Kier alpha value is -2.30. The second kappa shape index (κ2) is 6.23. The number of nitrogens with zero attached hydrogens (tertiary/aromatic N) is 2. The second-order valence-corrected chi connectivity index (χ2v) is 4.29. The smallest absolute Gasteiger partial charge is 0.258 e. The van der Waals surface area contributed by atoms with Gasteiger partial charge in [-0.3, -0.25) is 4.79 Å². The zero-order valence-electron chi connectivity index (χ0n) is 11.0. The molecule has 0 spiro atoms. The van der Waals surface area contributed by atoms with Crippen molar-refractivity contribution in [1.82, 2.24) is 9.88 Å². The SMILES string of the molecule is CCN(Cc1cccc(F)c1)C(=O)c1cccnc1F. The van der Waals surface area contributed by atoms with Crippen molar-refractivity contribution in [3.05, 3.63) is 65.5 Å². The third-order valence-electron chi connectivity index (χ3n) is 2.92. The molecule has 1 amide bonds. The van der Waals surface area contributed by atoms with E-state index < -0.39 is 11.9 Å². The zero-order valence-corrected chi connectivity index (χ0v) is 11.0. The van der Waals surface area contributed by atoms with Gasteiger partial charge in [0.1, 0.15) is 5.82 Å². The fourth-order valence-corrected chi connectivity index (χ4v) is 1.90. The van der Waals surface area contributed by atoms with E-state index in [1.165, 1.54) is 35.4 Å². The van der Waals surface area contributed by atoms with Gasteiger partial charge in [-0.1, -0.05) is 12.1 Å². The molecule has 0 saturated carbocycles. The maximum atomic E-state index is 13.5. The summed E-state index contributed by atoms with van der Waals surface area (Å²) in [6.07, 6.45) is 1.29. The highest BCUT2D eigenvalue weighted by Crippen LogP contribution is 2.12. The van der Waals surface area contributed by atoms with Crippen LogP contribution in [0.2, 0.25) is 0 Å². The minimum atomic E-state index is -0.796. The van der Waals surface area contributed by atoms with Gasteiger partial charge in [0, 0.05) is 19.3 Å². The molecule has 1 heterocycles. The number of pyridine rings is 1. The van der Waals surface area contributed by atoms with Gasteiger partial charge in [-0.15, -0.1) is 0 Å². The van der Waals surface area contributed by atoms with Crippen molar-refractivity contribution in [2.24, 2.45) is 0 Å². The molecule has 2 aromatic rings. The molecule has 1 aromatic heterocycles. The highest BCUT2D eigenvalue weighted by molar-refractivity contribution is 5.94. The molecule has 2 rings (SSSR count). The van der Waals surface area contributed by atoms with E-state index in [2.05, 4.69) is 4.98 Å². The first-order chi connectivity index (χ1) is 9.61. The van der Waals surface area contributed by atoms with E-state index in [4.69, 9.17) is 0 Å². The summed E-state index contributed by atoms with van der Waals surface area (Å²) in [5.74, 6) is -1.61. The molecular weight excluding hydrogens is 262 g/mol. The van der Waals surface area contributed by atoms with Crippen LogP contribution in [0.25, 0.3) is 0 Å². The quantitative estimate of drug-likeness (QED) is 0.804. The highest BCUT2D eigenvalue weighted by atomic mass is 19.1. The molecule has 20 heavy (non-hydrogen) atoms. The standard InChI is InChI=1S/C15H14F2N2O/c1-2-19(10-11-5-3-6-12(16)9-11)15(20)13-7-4-8-18-14(13)17/h3-9H,2,10H2,1H3. The van der Waals surface area contributed by atoms with Crippen LogP contribution in [0.15, 0.2) is 42.6 Å². The normalized spacial score (nSPS) is 10.3. The fourth-order valence-electron chi connectivity index (χ4n) is 1.90. The lowest BCUT2D eigenvalue weighted by Crippen LogP contribution is -2.31. The highest BCUT2D eigenvalue weighted by Gasteiger charge is 2.18. The summed E-state index contributed by atoms with van der Waals surface area (Å²) in [7, 11) is 0. The third kappa shape index (κ3) is 3.17. The van der Waals surface area contributed by atoms with Crippen molar-refractivity contribution in [3.63, 3.8) is 0 Å². The van der Waals surface area contributed by atoms with Crippen molar-refractivity contribution in [3.8, 4) is 0 Å². The van der Waals surface area contributed by atoms with Crippen molar-refractivity contribution < 1.29 is 13.6 Å². The number of benzene rings is 1. The van der Waals surface area contributed by atoms with Crippen LogP contribution in [0, 0.1) is 11.8 Å². The zero-order chi connectivity index (χ0) is 14.5. The van der Waals surface area contributed by atoms with Gasteiger partial charge in [-0.2, -0.15) is 4.39 Å². The summed E-state index contributed by atoms with van der Waals surface area (Å²) >= 11 is 0. The topological polar surface area (TPSA) is 33.2 Å². The Morgan fingerprint density at radius 1 is 1.25 bits per heavy atom. The van der Waals surface area contributed by atoms with Gasteiger partial charge in [0.25, 0.3) is 5.91 Å².